The maximum atomic E-state index is 3.75. The van der Waals surface area contributed by atoms with Gasteiger partial charge in [-0.25, -0.2) is 0 Å². The smallest absolute Gasteiger partial charge is 0.00983 e. The van der Waals surface area contributed by atoms with E-state index in [1.807, 2.05) is 0 Å². The molecule has 1 aromatic carbocycles. The highest BCUT2D eigenvalue weighted by Gasteiger charge is 2.25. The van der Waals surface area contributed by atoms with Crippen molar-refractivity contribution in [1.29, 1.82) is 0 Å². The van der Waals surface area contributed by atoms with Crippen LogP contribution in [-0.2, 0) is 6.42 Å². The molecule has 0 bridgehead atoms. The van der Waals surface area contributed by atoms with E-state index in [2.05, 4.69) is 50.4 Å². The Balaban J connectivity index is 1.87. The fourth-order valence-electron chi connectivity index (χ4n) is 3.53. The number of nitrogens with one attached hydrogen (secondary N) is 1. The van der Waals surface area contributed by atoms with Crippen LogP contribution in [0.25, 0.3) is 0 Å². The molecular formula is C19H31N. The molecule has 1 unspecified atom stereocenters. The largest absolute Gasteiger partial charge is 0.314 e. The summed E-state index contributed by atoms with van der Waals surface area (Å²) >= 11 is 0. The summed E-state index contributed by atoms with van der Waals surface area (Å²) in [5.74, 6) is 1.85. The number of rotatable bonds is 6. The topological polar surface area (TPSA) is 12.0 Å². The molecule has 0 heterocycles. The first kappa shape index (κ1) is 15.6. The predicted octanol–water partition coefficient (Wildman–Crippen LogP) is 4.73. The van der Waals surface area contributed by atoms with Gasteiger partial charge in [-0.1, -0.05) is 56.5 Å². The zero-order valence-corrected chi connectivity index (χ0v) is 13.5. The molecule has 2 rings (SSSR count). The zero-order valence-electron chi connectivity index (χ0n) is 13.5. The van der Waals surface area contributed by atoms with Crippen molar-refractivity contribution in [3.63, 3.8) is 0 Å². The Labute approximate surface area is 125 Å². The van der Waals surface area contributed by atoms with Crippen molar-refractivity contribution in [2.24, 2.45) is 11.8 Å². The second-order valence-corrected chi connectivity index (χ2v) is 6.71. The van der Waals surface area contributed by atoms with E-state index in [9.17, 15) is 0 Å². The van der Waals surface area contributed by atoms with Crippen LogP contribution in [0.4, 0.5) is 0 Å². The van der Waals surface area contributed by atoms with Gasteiger partial charge < -0.3 is 5.32 Å². The van der Waals surface area contributed by atoms with Gasteiger partial charge in [0, 0.05) is 6.04 Å². The van der Waals surface area contributed by atoms with Crippen molar-refractivity contribution in [2.75, 3.05) is 6.54 Å². The van der Waals surface area contributed by atoms with Crippen LogP contribution in [0.15, 0.2) is 24.3 Å². The normalized spacial score (nSPS) is 24.6. The van der Waals surface area contributed by atoms with E-state index >= 15 is 0 Å². The van der Waals surface area contributed by atoms with E-state index in [4.69, 9.17) is 0 Å². The van der Waals surface area contributed by atoms with Crippen LogP contribution >= 0.6 is 0 Å². The number of aryl methyl sites for hydroxylation is 2. The Morgan fingerprint density at radius 1 is 1.10 bits per heavy atom. The van der Waals surface area contributed by atoms with Crippen LogP contribution in [0.1, 0.15) is 57.1 Å². The molecular weight excluding hydrogens is 242 g/mol. The maximum absolute atomic E-state index is 3.75. The van der Waals surface area contributed by atoms with Gasteiger partial charge in [0.2, 0.25) is 0 Å². The van der Waals surface area contributed by atoms with Crippen LogP contribution < -0.4 is 5.32 Å². The average Bonchev–Trinajstić information content (AvgIpc) is 2.46. The van der Waals surface area contributed by atoms with Crippen molar-refractivity contribution in [1.82, 2.24) is 5.32 Å². The first-order chi connectivity index (χ1) is 9.69. The highest BCUT2D eigenvalue weighted by atomic mass is 14.9. The van der Waals surface area contributed by atoms with Crippen molar-refractivity contribution < 1.29 is 0 Å². The molecule has 0 amide bonds. The van der Waals surface area contributed by atoms with Crippen molar-refractivity contribution in [3.05, 3.63) is 35.4 Å². The van der Waals surface area contributed by atoms with Crippen molar-refractivity contribution >= 4 is 0 Å². The molecule has 0 aromatic heterocycles. The van der Waals surface area contributed by atoms with Crippen LogP contribution in [-0.4, -0.2) is 12.6 Å². The summed E-state index contributed by atoms with van der Waals surface area (Å²) in [6.45, 7) is 7.91. The molecule has 20 heavy (non-hydrogen) atoms. The molecule has 1 atom stereocenters. The molecule has 0 radical (unpaired) electrons. The standard InChI is InChI=1S/C19H31N/c1-4-20-19(18-12-7-16(3)8-13-18)14-11-17-9-5-15(2)6-10-17/h5-6,9-10,16,18-20H,4,7-8,11-14H2,1-3H3. The van der Waals surface area contributed by atoms with E-state index < -0.39 is 0 Å². The van der Waals surface area contributed by atoms with Crippen LogP contribution in [0, 0.1) is 18.8 Å². The van der Waals surface area contributed by atoms with Gasteiger partial charge in [0.05, 0.1) is 0 Å². The van der Waals surface area contributed by atoms with Gasteiger partial charge in [0.1, 0.15) is 0 Å². The highest BCUT2D eigenvalue weighted by molar-refractivity contribution is 5.21. The molecule has 1 N–H and O–H groups in total. The third-order valence-corrected chi connectivity index (χ3v) is 4.96. The molecule has 0 aliphatic heterocycles. The summed E-state index contributed by atoms with van der Waals surface area (Å²) < 4.78 is 0. The number of hydrogen-bond acceptors (Lipinski definition) is 1. The SMILES string of the molecule is CCNC(CCc1ccc(C)cc1)C1CCC(C)CC1. The number of hydrogen-bond donors (Lipinski definition) is 1. The lowest BCUT2D eigenvalue weighted by Gasteiger charge is -2.33. The molecule has 1 saturated carbocycles. The summed E-state index contributed by atoms with van der Waals surface area (Å²) in [7, 11) is 0. The van der Waals surface area contributed by atoms with Crippen LogP contribution in [0.5, 0.6) is 0 Å². The Morgan fingerprint density at radius 2 is 1.75 bits per heavy atom. The van der Waals surface area contributed by atoms with Gasteiger partial charge in [-0.05, 0) is 56.6 Å². The van der Waals surface area contributed by atoms with Gasteiger partial charge in [-0.15, -0.1) is 0 Å². The van der Waals surface area contributed by atoms with E-state index in [1.54, 1.807) is 0 Å². The minimum absolute atomic E-state index is 0.716. The predicted molar refractivity (Wildman–Crippen MR) is 88.1 cm³/mol. The molecule has 0 saturated heterocycles. The molecule has 1 aliphatic carbocycles. The molecule has 1 aliphatic rings. The molecule has 1 heteroatoms. The van der Waals surface area contributed by atoms with Gasteiger partial charge in [-0.2, -0.15) is 0 Å². The summed E-state index contributed by atoms with van der Waals surface area (Å²) in [5, 5.41) is 3.75. The molecule has 1 aromatic rings. The minimum Gasteiger partial charge on any atom is -0.314 e. The first-order valence-corrected chi connectivity index (χ1v) is 8.48. The monoisotopic (exact) mass is 273 g/mol. The third kappa shape index (κ3) is 4.63. The second-order valence-electron chi connectivity index (χ2n) is 6.71. The van der Waals surface area contributed by atoms with Crippen molar-refractivity contribution in [3.8, 4) is 0 Å². The van der Waals surface area contributed by atoms with Gasteiger partial charge in [0.15, 0.2) is 0 Å². The van der Waals surface area contributed by atoms with Crippen molar-refractivity contribution in [2.45, 2.75) is 65.3 Å². The summed E-state index contributed by atoms with van der Waals surface area (Å²) in [6.07, 6.45) is 8.20. The van der Waals surface area contributed by atoms with E-state index in [0.29, 0.717) is 6.04 Å². The van der Waals surface area contributed by atoms with E-state index in [-0.39, 0.29) is 0 Å². The Morgan fingerprint density at radius 3 is 2.35 bits per heavy atom. The lowest BCUT2D eigenvalue weighted by atomic mass is 9.78. The summed E-state index contributed by atoms with van der Waals surface area (Å²) in [5.41, 5.74) is 2.85. The van der Waals surface area contributed by atoms with Gasteiger partial charge >= 0.3 is 0 Å². The zero-order chi connectivity index (χ0) is 14.4. The van der Waals surface area contributed by atoms with Crippen LogP contribution in [0.3, 0.4) is 0 Å². The lowest BCUT2D eigenvalue weighted by Crippen LogP contribution is -2.38. The maximum Gasteiger partial charge on any atom is 0.00983 e. The summed E-state index contributed by atoms with van der Waals surface area (Å²) in [4.78, 5) is 0. The Bertz CT molecular complexity index is 373. The molecule has 1 fully saturated rings. The Kier molecular flexibility index (Phi) is 6.09. The minimum atomic E-state index is 0.716. The van der Waals surface area contributed by atoms with E-state index in [0.717, 1.165) is 18.4 Å². The Hall–Kier alpha value is -0.820. The molecule has 0 spiro atoms. The highest BCUT2D eigenvalue weighted by Crippen LogP contribution is 2.31. The van der Waals surface area contributed by atoms with E-state index in [1.165, 1.54) is 49.7 Å². The van der Waals surface area contributed by atoms with Gasteiger partial charge in [-0.3, -0.25) is 0 Å². The number of benzene rings is 1. The second kappa shape index (κ2) is 7.83. The fraction of sp³-hybridized carbons (Fsp3) is 0.684. The lowest BCUT2D eigenvalue weighted by molar-refractivity contribution is 0.224. The summed E-state index contributed by atoms with van der Waals surface area (Å²) in [6, 6.07) is 9.77. The quantitative estimate of drug-likeness (QED) is 0.790. The van der Waals surface area contributed by atoms with Gasteiger partial charge in [0.25, 0.3) is 0 Å². The fourth-order valence-corrected chi connectivity index (χ4v) is 3.53. The molecule has 1 nitrogen and oxygen atoms in total. The molecule has 112 valence electrons. The third-order valence-electron chi connectivity index (χ3n) is 4.96. The van der Waals surface area contributed by atoms with Crippen LogP contribution in [0.2, 0.25) is 0 Å². The average molecular weight is 273 g/mol. The first-order valence-electron chi connectivity index (χ1n) is 8.48.